The summed E-state index contributed by atoms with van der Waals surface area (Å²) in [5, 5.41) is 9.17. The third-order valence-electron chi connectivity index (χ3n) is 4.33. The van der Waals surface area contributed by atoms with Crippen LogP contribution in [0.5, 0.6) is 0 Å². The number of nitrogens with zero attached hydrogens (tertiary/aromatic N) is 1. The number of hydrogen-bond acceptors (Lipinski definition) is 5. The van der Waals surface area contributed by atoms with Gasteiger partial charge in [0.1, 0.15) is 6.04 Å². The van der Waals surface area contributed by atoms with E-state index in [1.807, 2.05) is 0 Å². The van der Waals surface area contributed by atoms with Crippen molar-refractivity contribution in [1.29, 1.82) is 0 Å². The van der Waals surface area contributed by atoms with E-state index in [4.69, 9.17) is 16.1 Å². The zero-order valence-corrected chi connectivity index (χ0v) is 11.5. The smallest absolute Gasteiger partial charge is 0.289 e. The predicted octanol–water partition coefficient (Wildman–Crippen LogP) is -1.84. The van der Waals surface area contributed by atoms with E-state index in [2.05, 4.69) is 0 Å². The molecule has 0 aromatic heterocycles. The molecule has 0 aromatic carbocycles. The highest BCUT2D eigenvalue weighted by atomic mass is 16.4. The molecule has 1 saturated carbocycles. The standard InChI is InChI=1S/C12H22BN3O4/c14-6-20-13-10(8-4-7(8)5-17)12(19)16-3-1-2-9(16)11(15)18/h7-10,13,17H,1-6,14H2,(H2,15,18). The zero-order chi connectivity index (χ0) is 14.7. The molecule has 1 saturated heterocycles. The summed E-state index contributed by atoms with van der Waals surface area (Å²) in [5.74, 6) is -0.617. The monoisotopic (exact) mass is 283 g/mol. The van der Waals surface area contributed by atoms with Gasteiger partial charge in [-0.3, -0.25) is 9.59 Å². The third kappa shape index (κ3) is 3.13. The van der Waals surface area contributed by atoms with E-state index in [1.165, 1.54) is 0 Å². The summed E-state index contributed by atoms with van der Waals surface area (Å²) in [6.07, 6.45) is 2.23. The summed E-state index contributed by atoms with van der Waals surface area (Å²) in [6, 6.07) is -0.505. The number of amides is 2. The molecule has 1 aliphatic heterocycles. The van der Waals surface area contributed by atoms with E-state index < -0.39 is 11.9 Å². The van der Waals surface area contributed by atoms with Gasteiger partial charge >= 0.3 is 0 Å². The van der Waals surface area contributed by atoms with Crippen LogP contribution < -0.4 is 11.5 Å². The molecule has 0 aromatic rings. The highest BCUT2D eigenvalue weighted by Gasteiger charge is 2.48. The minimum absolute atomic E-state index is 0.0551. The molecule has 4 unspecified atom stereocenters. The van der Waals surface area contributed by atoms with Gasteiger partial charge in [0.15, 0.2) is 0 Å². The molecule has 2 fully saturated rings. The number of hydrogen-bond donors (Lipinski definition) is 3. The average molecular weight is 283 g/mol. The van der Waals surface area contributed by atoms with Gasteiger partial charge in [-0.05, 0) is 31.1 Å². The average Bonchev–Trinajstić information content (AvgIpc) is 3.03. The first-order chi connectivity index (χ1) is 9.60. The number of aliphatic hydroxyl groups excluding tert-OH is 1. The van der Waals surface area contributed by atoms with Crippen LogP contribution in [0.25, 0.3) is 0 Å². The minimum Gasteiger partial charge on any atom is -0.427 e. The van der Waals surface area contributed by atoms with Crippen molar-refractivity contribution in [3.8, 4) is 0 Å². The Kier molecular flexibility index (Phi) is 5.01. The number of carbonyl (C=O) groups is 2. The Labute approximate surface area is 118 Å². The lowest BCUT2D eigenvalue weighted by atomic mass is 9.74. The molecular formula is C12H22BN3O4. The van der Waals surface area contributed by atoms with Gasteiger partial charge in [-0.2, -0.15) is 0 Å². The molecule has 1 heterocycles. The molecule has 5 N–H and O–H groups in total. The van der Waals surface area contributed by atoms with Gasteiger partial charge in [-0.25, -0.2) is 0 Å². The lowest BCUT2D eigenvalue weighted by molar-refractivity contribution is -0.137. The highest BCUT2D eigenvalue weighted by Crippen LogP contribution is 2.47. The van der Waals surface area contributed by atoms with Crippen LogP contribution in [0.1, 0.15) is 19.3 Å². The molecular weight excluding hydrogens is 261 g/mol. The number of nitrogens with two attached hydrogens (primary N) is 2. The molecule has 20 heavy (non-hydrogen) atoms. The quantitative estimate of drug-likeness (QED) is 0.375. The maximum atomic E-state index is 12.6. The van der Waals surface area contributed by atoms with Crippen LogP contribution >= 0.6 is 0 Å². The van der Waals surface area contributed by atoms with Gasteiger partial charge in [0.05, 0.1) is 6.73 Å². The maximum Gasteiger partial charge on any atom is 0.289 e. The SMILES string of the molecule is NCOBC(C(=O)N1CCCC1C(N)=O)C1CC1CO. The van der Waals surface area contributed by atoms with Crippen LogP contribution in [0.15, 0.2) is 0 Å². The van der Waals surface area contributed by atoms with E-state index in [-0.39, 0.29) is 44.4 Å². The van der Waals surface area contributed by atoms with Crippen LogP contribution in [0.4, 0.5) is 0 Å². The van der Waals surface area contributed by atoms with E-state index in [0.717, 1.165) is 12.8 Å². The van der Waals surface area contributed by atoms with Gasteiger partial charge < -0.3 is 26.1 Å². The molecule has 7 nitrogen and oxygen atoms in total. The number of likely N-dealkylation sites (tertiary alicyclic amines) is 1. The fourth-order valence-corrected chi connectivity index (χ4v) is 3.09. The summed E-state index contributed by atoms with van der Waals surface area (Å²) < 4.78 is 5.20. The summed E-state index contributed by atoms with van der Waals surface area (Å²) in [5.41, 5.74) is 10.7. The largest absolute Gasteiger partial charge is 0.427 e. The number of primary amides is 1. The van der Waals surface area contributed by atoms with E-state index in [1.54, 1.807) is 4.90 Å². The van der Waals surface area contributed by atoms with Crippen LogP contribution in [-0.2, 0) is 14.2 Å². The molecule has 0 radical (unpaired) electrons. The fourth-order valence-electron chi connectivity index (χ4n) is 3.09. The molecule has 2 amide bonds. The van der Waals surface area contributed by atoms with Crippen molar-refractivity contribution < 1.29 is 19.3 Å². The Morgan fingerprint density at radius 2 is 2.25 bits per heavy atom. The second-order valence-corrected chi connectivity index (χ2v) is 5.58. The molecule has 2 rings (SSSR count). The lowest BCUT2D eigenvalue weighted by Gasteiger charge is -2.27. The zero-order valence-electron chi connectivity index (χ0n) is 11.5. The van der Waals surface area contributed by atoms with Crippen molar-refractivity contribution in [3.63, 3.8) is 0 Å². The van der Waals surface area contributed by atoms with Gasteiger partial charge in [0.25, 0.3) is 7.48 Å². The number of carbonyl (C=O) groups excluding carboxylic acids is 2. The Balaban J connectivity index is 2.04. The van der Waals surface area contributed by atoms with Crippen molar-refractivity contribution in [2.75, 3.05) is 19.9 Å². The van der Waals surface area contributed by atoms with Gasteiger partial charge in [-0.1, -0.05) is 0 Å². The van der Waals surface area contributed by atoms with Crippen molar-refractivity contribution in [2.24, 2.45) is 23.3 Å². The number of rotatable bonds is 7. The predicted molar refractivity (Wildman–Crippen MR) is 73.7 cm³/mol. The minimum atomic E-state index is -0.505. The molecule has 2 aliphatic rings. The molecule has 112 valence electrons. The second-order valence-electron chi connectivity index (χ2n) is 5.58. The first-order valence-electron chi connectivity index (χ1n) is 7.08. The second kappa shape index (κ2) is 6.56. The summed E-state index contributed by atoms with van der Waals surface area (Å²) in [7, 11) is 0.235. The summed E-state index contributed by atoms with van der Waals surface area (Å²) in [4.78, 5) is 25.6. The normalized spacial score (nSPS) is 30.1. The van der Waals surface area contributed by atoms with Gasteiger partial charge in [0, 0.05) is 19.0 Å². The van der Waals surface area contributed by atoms with Crippen LogP contribution in [0.3, 0.4) is 0 Å². The van der Waals surface area contributed by atoms with Crippen molar-refractivity contribution in [1.82, 2.24) is 4.90 Å². The van der Waals surface area contributed by atoms with E-state index in [9.17, 15) is 14.7 Å². The van der Waals surface area contributed by atoms with Crippen molar-refractivity contribution in [2.45, 2.75) is 31.1 Å². The summed E-state index contributed by atoms with van der Waals surface area (Å²) in [6.45, 7) is 0.692. The van der Waals surface area contributed by atoms with Crippen LogP contribution in [0.2, 0.25) is 5.82 Å². The molecule has 1 aliphatic carbocycles. The van der Waals surface area contributed by atoms with Crippen molar-refractivity contribution in [3.05, 3.63) is 0 Å². The molecule has 4 atom stereocenters. The Morgan fingerprint density at radius 3 is 2.80 bits per heavy atom. The fraction of sp³-hybridized carbons (Fsp3) is 0.833. The van der Waals surface area contributed by atoms with Crippen molar-refractivity contribution >= 4 is 19.3 Å². The third-order valence-corrected chi connectivity index (χ3v) is 4.33. The van der Waals surface area contributed by atoms with Crippen LogP contribution in [-0.4, -0.2) is 55.2 Å². The first-order valence-corrected chi connectivity index (χ1v) is 7.08. The van der Waals surface area contributed by atoms with E-state index in [0.29, 0.717) is 13.0 Å². The highest BCUT2D eigenvalue weighted by molar-refractivity contribution is 6.38. The molecule has 8 heteroatoms. The Bertz CT molecular complexity index is 382. The van der Waals surface area contributed by atoms with E-state index >= 15 is 0 Å². The molecule has 0 spiro atoms. The topological polar surface area (TPSA) is 119 Å². The maximum absolute atomic E-state index is 12.6. The van der Waals surface area contributed by atoms with Gasteiger partial charge in [0.2, 0.25) is 11.8 Å². The van der Waals surface area contributed by atoms with Crippen LogP contribution in [0, 0.1) is 11.8 Å². The van der Waals surface area contributed by atoms with Gasteiger partial charge in [-0.15, -0.1) is 0 Å². The lowest BCUT2D eigenvalue weighted by Crippen LogP contribution is -2.46. The number of aliphatic hydroxyl groups is 1. The summed E-state index contributed by atoms with van der Waals surface area (Å²) >= 11 is 0. The molecule has 0 bridgehead atoms. The first kappa shape index (κ1) is 15.3. The Hall–Kier alpha value is -1.12. The Morgan fingerprint density at radius 1 is 1.50 bits per heavy atom.